The van der Waals surface area contributed by atoms with Crippen LogP contribution in [-0.2, 0) is 21.4 Å². The zero-order valence-corrected chi connectivity index (χ0v) is 19.5. The normalized spacial score (nSPS) is 15.6. The molecular weight excluding hydrogens is 466 g/mol. The van der Waals surface area contributed by atoms with E-state index in [4.69, 9.17) is 27.9 Å². The summed E-state index contributed by atoms with van der Waals surface area (Å²) in [6.45, 7) is 0.722. The maximum atomic E-state index is 13.4. The fourth-order valence-electron chi connectivity index (χ4n) is 3.65. The molecule has 1 aliphatic rings. The summed E-state index contributed by atoms with van der Waals surface area (Å²) in [5.74, 6) is -0.394. The molecule has 0 unspecified atom stereocenters. The summed E-state index contributed by atoms with van der Waals surface area (Å²) >= 11 is 11.8. The molecule has 6 nitrogen and oxygen atoms in total. The third kappa shape index (κ3) is 5.31. The first kappa shape index (κ1) is 23.8. The molecule has 0 aliphatic carbocycles. The molecule has 1 fully saturated rings. The van der Waals surface area contributed by atoms with E-state index in [2.05, 4.69) is 0 Å². The molecule has 0 radical (unpaired) electrons. The molecular formula is C21H23Cl2FN2O4S. The Kier molecular flexibility index (Phi) is 7.47. The summed E-state index contributed by atoms with van der Waals surface area (Å²) in [7, 11) is -0.552. The van der Waals surface area contributed by atoms with Gasteiger partial charge in [-0.2, -0.15) is 4.31 Å². The lowest BCUT2D eigenvalue weighted by atomic mass is 9.96. The van der Waals surface area contributed by atoms with Crippen LogP contribution in [0.5, 0.6) is 5.75 Å². The van der Waals surface area contributed by atoms with Gasteiger partial charge in [-0.15, -0.1) is 0 Å². The minimum atomic E-state index is -3.81. The van der Waals surface area contributed by atoms with Crippen LogP contribution in [0, 0.1) is 11.7 Å². The maximum absolute atomic E-state index is 13.4. The van der Waals surface area contributed by atoms with Crippen LogP contribution in [-0.4, -0.2) is 50.8 Å². The average Bonchev–Trinajstić information content (AvgIpc) is 2.75. The molecule has 168 valence electrons. The lowest BCUT2D eigenvalue weighted by molar-refractivity contribution is -0.135. The summed E-state index contributed by atoms with van der Waals surface area (Å²) in [5, 5.41) is 0.306. The van der Waals surface area contributed by atoms with Crippen molar-refractivity contribution < 1.29 is 22.3 Å². The molecule has 2 aromatic rings. The number of carbonyl (C=O) groups is 1. The van der Waals surface area contributed by atoms with Gasteiger partial charge in [-0.05, 0) is 49.2 Å². The Morgan fingerprint density at radius 3 is 2.48 bits per heavy atom. The number of rotatable bonds is 6. The lowest BCUT2D eigenvalue weighted by Crippen LogP contribution is -2.43. The van der Waals surface area contributed by atoms with E-state index >= 15 is 0 Å². The number of carbonyl (C=O) groups excluding carboxylic acids is 1. The minimum absolute atomic E-state index is 0.0613. The van der Waals surface area contributed by atoms with Gasteiger partial charge in [-0.3, -0.25) is 4.79 Å². The smallest absolute Gasteiger partial charge is 0.243 e. The number of hydrogen-bond donors (Lipinski definition) is 0. The molecule has 2 aromatic carbocycles. The molecule has 0 aromatic heterocycles. The number of nitrogens with zero attached hydrogens (tertiary/aromatic N) is 2. The third-order valence-electron chi connectivity index (χ3n) is 5.36. The number of methoxy groups -OCH3 is 1. The average molecular weight is 489 g/mol. The molecule has 1 heterocycles. The van der Waals surface area contributed by atoms with Gasteiger partial charge in [0.05, 0.1) is 17.0 Å². The van der Waals surface area contributed by atoms with Gasteiger partial charge in [-0.25, -0.2) is 12.8 Å². The van der Waals surface area contributed by atoms with E-state index in [0.717, 1.165) is 17.7 Å². The highest BCUT2D eigenvalue weighted by molar-refractivity contribution is 7.89. The van der Waals surface area contributed by atoms with Crippen molar-refractivity contribution in [3.63, 3.8) is 0 Å². The highest BCUT2D eigenvalue weighted by Gasteiger charge is 2.33. The van der Waals surface area contributed by atoms with Gasteiger partial charge >= 0.3 is 0 Å². The molecule has 1 amide bonds. The van der Waals surface area contributed by atoms with Gasteiger partial charge in [0.25, 0.3) is 0 Å². The van der Waals surface area contributed by atoms with Crippen molar-refractivity contribution in [2.45, 2.75) is 24.3 Å². The van der Waals surface area contributed by atoms with Gasteiger partial charge in [0, 0.05) is 43.2 Å². The van der Waals surface area contributed by atoms with Crippen molar-refractivity contribution in [3.05, 3.63) is 57.8 Å². The fourth-order valence-corrected chi connectivity index (χ4v) is 5.58. The first-order valence-electron chi connectivity index (χ1n) is 9.66. The molecule has 3 rings (SSSR count). The largest absolute Gasteiger partial charge is 0.496 e. The highest BCUT2D eigenvalue weighted by atomic mass is 35.5. The van der Waals surface area contributed by atoms with Crippen LogP contribution in [0.1, 0.15) is 18.4 Å². The molecule has 0 bridgehead atoms. The van der Waals surface area contributed by atoms with Crippen molar-refractivity contribution in [2.75, 3.05) is 27.2 Å². The van der Waals surface area contributed by atoms with Crippen LogP contribution in [0.3, 0.4) is 0 Å². The van der Waals surface area contributed by atoms with Gasteiger partial charge in [0.2, 0.25) is 15.9 Å². The fraction of sp³-hybridized carbons (Fsp3) is 0.381. The molecule has 1 aliphatic heterocycles. The summed E-state index contributed by atoms with van der Waals surface area (Å²) in [4.78, 5) is 14.5. The van der Waals surface area contributed by atoms with Crippen molar-refractivity contribution in [2.24, 2.45) is 5.92 Å². The minimum Gasteiger partial charge on any atom is -0.496 e. The van der Waals surface area contributed by atoms with Crippen LogP contribution >= 0.6 is 23.2 Å². The quantitative estimate of drug-likeness (QED) is 0.610. The Labute approximate surface area is 191 Å². The van der Waals surface area contributed by atoms with Crippen LogP contribution in [0.25, 0.3) is 0 Å². The van der Waals surface area contributed by atoms with Crippen LogP contribution in [0.2, 0.25) is 10.0 Å². The molecule has 1 saturated heterocycles. The summed E-state index contributed by atoms with van der Waals surface area (Å²) in [6, 6.07) is 8.56. The summed E-state index contributed by atoms with van der Waals surface area (Å²) in [6.07, 6.45) is 0.786. The Morgan fingerprint density at radius 1 is 1.19 bits per heavy atom. The summed E-state index contributed by atoms with van der Waals surface area (Å²) in [5.41, 5.74) is 0.791. The van der Waals surface area contributed by atoms with Crippen molar-refractivity contribution >= 4 is 39.1 Å². The van der Waals surface area contributed by atoms with E-state index in [9.17, 15) is 17.6 Å². The predicted molar refractivity (Wildman–Crippen MR) is 117 cm³/mol. The Bertz CT molecular complexity index is 1070. The Balaban J connectivity index is 1.64. The third-order valence-corrected chi connectivity index (χ3v) is 7.78. The van der Waals surface area contributed by atoms with Crippen LogP contribution in [0.4, 0.5) is 4.39 Å². The Hall–Kier alpha value is -1.87. The standard InChI is InChI=1S/C21H23Cl2FN2O4S/c1-25(13-15-11-16(22)3-6-20(15)30-2)21(27)14-7-9-26(10-8-14)31(28,29)17-4-5-19(24)18(23)12-17/h3-6,11-12,14H,7-10,13H2,1-2H3. The van der Waals surface area contributed by atoms with E-state index in [-0.39, 0.29) is 34.8 Å². The first-order valence-corrected chi connectivity index (χ1v) is 11.9. The SMILES string of the molecule is COc1ccc(Cl)cc1CN(C)C(=O)C1CCN(S(=O)(=O)c2ccc(F)c(Cl)c2)CC1. The van der Waals surface area contributed by atoms with Gasteiger partial charge in [0.15, 0.2) is 0 Å². The maximum Gasteiger partial charge on any atom is 0.243 e. The van der Waals surface area contributed by atoms with E-state index in [1.54, 1.807) is 37.3 Å². The van der Waals surface area contributed by atoms with Gasteiger partial charge in [0.1, 0.15) is 11.6 Å². The highest BCUT2D eigenvalue weighted by Crippen LogP contribution is 2.28. The van der Waals surface area contributed by atoms with E-state index in [1.165, 1.54) is 10.4 Å². The van der Waals surface area contributed by atoms with Gasteiger partial charge in [-0.1, -0.05) is 23.2 Å². The molecule has 0 N–H and O–H groups in total. The number of amides is 1. The van der Waals surface area contributed by atoms with Gasteiger partial charge < -0.3 is 9.64 Å². The lowest BCUT2D eigenvalue weighted by Gasteiger charge is -2.32. The van der Waals surface area contributed by atoms with Crippen molar-refractivity contribution in [1.29, 1.82) is 0 Å². The van der Waals surface area contributed by atoms with Crippen molar-refractivity contribution in [3.8, 4) is 5.75 Å². The molecule has 10 heteroatoms. The molecule has 31 heavy (non-hydrogen) atoms. The van der Waals surface area contributed by atoms with E-state index in [1.807, 2.05) is 0 Å². The van der Waals surface area contributed by atoms with Crippen molar-refractivity contribution in [1.82, 2.24) is 9.21 Å². The Morgan fingerprint density at radius 2 is 1.87 bits per heavy atom. The monoisotopic (exact) mass is 488 g/mol. The van der Waals surface area contributed by atoms with E-state index in [0.29, 0.717) is 30.2 Å². The second-order valence-corrected chi connectivity index (χ2v) is 10.2. The second-order valence-electron chi connectivity index (χ2n) is 7.40. The number of sulfonamides is 1. The topological polar surface area (TPSA) is 66.9 Å². The first-order chi connectivity index (χ1) is 14.6. The number of piperidine rings is 1. The number of halogens is 3. The van der Waals surface area contributed by atoms with E-state index < -0.39 is 15.8 Å². The number of benzene rings is 2. The predicted octanol–water partition coefficient (Wildman–Crippen LogP) is 4.20. The zero-order valence-electron chi connectivity index (χ0n) is 17.1. The van der Waals surface area contributed by atoms with Crippen LogP contribution < -0.4 is 4.74 Å². The second kappa shape index (κ2) is 9.73. The van der Waals surface area contributed by atoms with Crippen LogP contribution in [0.15, 0.2) is 41.3 Å². The molecule has 0 spiro atoms. The zero-order chi connectivity index (χ0) is 22.8. The number of ether oxygens (including phenoxy) is 1. The molecule has 0 saturated carbocycles. The molecule has 0 atom stereocenters. The number of hydrogen-bond acceptors (Lipinski definition) is 4. The summed E-state index contributed by atoms with van der Waals surface area (Å²) < 4.78 is 45.7.